The molecule has 0 aromatic heterocycles. The number of rotatable bonds is 24. The number of carbonyl (C=O) groups excluding carboxylic acids is 1. The van der Waals surface area contributed by atoms with E-state index in [-0.39, 0.29) is 31.8 Å². The van der Waals surface area contributed by atoms with Crippen molar-refractivity contribution in [3.63, 3.8) is 0 Å². The van der Waals surface area contributed by atoms with E-state index in [4.69, 9.17) is 81.3 Å². The molecule has 3 saturated heterocycles. The first-order chi connectivity index (χ1) is 30.0. The minimum absolute atomic E-state index is 0.0226. The van der Waals surface area contributed by atoms with E-state index in [0.29, 0.717) is 6.61 Å². The Morgan fingerprint density at radius 2 is 1.19 bits per heavy atom. The fourth-order valence-corrected chi connectivity index (χ4v) is 9.04. The molecule has 1 amide bonds. The van der Waals surface area contributed by atoms with E-state index in [1.165, 1.54) is 42.7 Å². The monoisotopic (exact) mass is 895 g/mol. The lowest BCUT2D eigenvalue weighted by molar-refractivity contribution is -0.375. The second kappa shape index (κ2) is 26.1. The lowest BCUT2D eigenvalue weighted by Crippen LogP contribution is -2.69. The molecule has 19 atom stereocenters. The van der Waals surface area contributed by atoms with Crippen molar-refractivity contribution >= 4 is 5.91 Å². The third-order valence-electron chi connectivity index (χ3n) is 11.9. The highest BCUT2D eigenvalue weighted by atomic mass is 16.8. The molecule has 0 spiro atoms. The lowest BCUT2D eigenvalue weighted by Gasteiger charge is -2.51. The number of nitrogens with one attached hydrogen (secondary N) is 2. The number of amides is 1. The summed E-state index contributed by atoms with van der Waals surface area (Å²) >= 11 is 0. The van der Waals surface area contributed by atoms with Crippen LogP contribution in [0.2, 0.25) is 0 Å². The van der Waals surface area contributed by atoms with Crippen LogP contribution in [0, 0.1) is 5.92 Å². The summed E-state index contributed by atoms with van der Waals surface area (Å²) in [4.78, 5) is 15.2. The molecular formula is C39H69N5O18. The number of azide groups is 1. The standard InChI is InChI=1S/C39H69N5O18/c1-19-26(42-22-13-20(16-47-2)21(15-45)27(50-5)28(22)51-6)31(52-7)35(56-11)38(58-19)61-30-24(18-49-4)60-39(36(57-12)33(30)54-9)62-29-23(17-48-3)59-37(34(55-10)32(29)53-8)43-25(46)14-41-44-40/h13,19,21-24,26-39,42,45H,14-18H2,1-12H3,(H,43,46)/t19?,21-,22+,23?,24?,26-,27+,28?,29-,30-,31+,32+,33+,34?,35?,36?,37+,38-,39-/m0/s1. The predicted octanol–water partition coefficient (Wildman–Crippen LogP) is -0.688. The quantitative estimate of drug-likeness (QED) is 0.0469. The zero-order valence-electron chi connectivity index (χ0n) is 37.8. The van der Waals surface area contributed by atoms with Crippen LogP contribution in [0.4, 0.5) is 0 Å². The van der Waals surface area contributed by atoms with Crippen molar-refractivity contribution in [2.75, 3.05) is 111 Å². The van der Waals surface area contributed by atoms with E-state index in [1.807, 2.05) is 13.0 Å². The molecule has 0 radical (unpaired) electrons. The van der Waals surface area contributed by atoms with E-state index in [1.54, 1.807) is 35.5 Å². The van der Waals surface area contributed by atoms with Crippen LogP contribution in [0.15, 0.2) is 16.8 Å². The summed E-state index contributed by atoms with van der Waals surface area (Å²) in [5.41, 5.74) is 9.56. The van der Waals surface area contributed by atoms with E-state index in [2.05, 4.69) is 20.7 Å². The van der Waals surface area contributed by atoms with Gasteiger partial charge in [-0.05, 0) is 18.0 Å². The number of ether oxygens (including phenoxy) is 16. The van der Waals surface area contributed by atoms with Crippen LogP contribution in [0.1, 0.15) is 6.92 Å². The maximum absolute atomic E-state index is 12.6. The molecule has 3 fully saturated rings. The number of hydrogen-bond donors (Lipinski definition) is 3. The van der Waals surface area contributed by atoms with Crippen molar-refractivity contribution < 1.29 is 85.7 Å². The van der Waals surface area contributed by atoms with Gasteiger partial charge in [0.05, 0.1) is 50.7 Å². The van der Waals surface area contributed by atoms with Gasteiger partial charge in [-0.3, -0.25) is 4.79 Å². The van der Waals surface area contributed by atoms with Crippen LogP contribution in [0.25, 0.3) is 10.4 Å². The van der Waals surface area contributed by atoms with Crippen molar-refractivity contribution in [3.05, 3.63) is 22.1 Å². The number of hydrogen-bond acceptors (Lipinski definition) is 20. The molecule has 23 nitrogen and oxygen atoms in total. The van der Waals surface area contributed by atoms with Crippen LogP contribution < -0.4 is 10.6 Å². The summed E-state index contributed by atoms with van der Waals surface area (Å²) in [7, 11) is 16.9. The maximum atomic E-state index is 12.6. The molecule has 0 aromatic carbocycles. The summed E-state index contributed by atoms with van der Waals surface area (Å²) in [6.45, 7) is 1.68. The van der Waals surface area contributed by atoms with E-state index in [0.717, 1.165) is 5.57 Å². The first kappa shape index (κ1) is 52.4. The van der Waals surface area contributed by atoms with Crippen molar-refractivity contribution in [3.8, 4) is 0 Å². The van der Waals surface area contributed by atoms with Crippen molar-refractivity contribution in [1.29, 1.82) is 0 Å². The molecule has 7 unspecified atom stereocenters. The molecule has 62 heavy (non-hydrogen) atoms. The SMILES string of the molecule is COCC1=C[C@@H](N[C@H]2C(C)O[C@@H](O[C@H]3C(COC)O[C@@H](O[C@H]4C(COC)O[C@@H](NC(=O)CN=[N+]=[N-])C(OC)[C@@H]4OC)C(OC)[C@@H]3OC)C(OC)[C@@H]2OC)C(OC)[C@H](OC)[C@H]1CO. The zero-order valence-corrected chi connectivity index (χ0v) is 37.8. The van der Waals surface area contributed by atoms with Crippen molar-refractivity contribution in [2.24, 2.45) is 11.0 Å². The molecule has 3 aliphatic heterocycles. The van der Waals surface area contributed by atoms with Crippen molar-refractivity contribution in [1.82, 2.24) is 10.6 Å². The average Bonchev–Trinajstić information content (AvgIpc) is 3.27. The van der Waals surface area contributed by atoms with Crippen LogP contribution in [-0.4, -0.2) is 232 Å². The molecular weight excluding hydrogens is 826 g/mol. The number of nitrogens with zero attached hydrogens (tertiary/aromatic N) is 3. The van der Waals surface area contributed by atoms with Gasteiger partial charge in [0.15, 0.2) is 18.8 Å². The molecule has 4 aliphatic rings. The molecule has 0 bridgehead atoms. The highest BCUT2D eigenvalue weighted by Crippen LogP contribution is 2.37. The Morgan fingerprint density at radius 1 is 0.677 bits per heavy atom. The zero-order chi connectivity index (χ0) is 45.5. The summed E-state index contributed by atoms with van der Waals surface area (Å²) in [5.74, 6) is -0.911. The van der Waals surface area contributed by atoms with Gasteiger partial charge in [0, 0.05) is 89.0 Å². The summed E-state index contributed by atoms with van der Waals surface area (Å²) < 4.78 is 97.5. The Morgan fingerprint density at radius 3 is 1.69 bits per heavy atom. The largest absolute Gasteiger partial charge is 0.396 e. The van der Waals surface area contributed by atoms with Gasteiger partial charge < -0.3 is 91.5 Å². The third-order valence-corrected chi connectivity index (χ3v) is 11.9. The van der Waals surface area contributed by atoms with Gasteiger partial charge in [0.25, 0.3) is 0 Å². The Bertz CT molecular complexity index is 1420. The van der Waals surface area contributed by atoms with Crippen LogP contribution in [0.3, 0.4) is 0 Å². The van der Waals surface area contributed by atoms with Gasteiger partial charge in [-0.15, -0.1) is 0 Å². The molecule has 1 aliphatic carbocycles. The van der Waals surface area contributed by atoms with Gasteiger partial charge in [-0.2, -0.15) is 0 Å². The molecule has 358 valence electrons. The number of aliphatic hydroxyl groups is 1. The minimum atomic E-state index is -1.12. The van der Waals surface area contributed by atoms with Crippen LogP contribution in [-0.2, 0) is 80.6 Å². The van der Waals surface area contributed by atoms with E-state index < -0.39 is 117 Å². The predicted molar refractivity (Wildman–Crippen MR) is 215 cm³/mol. The number of carbonyl (C=O) groups is 1. The highest BCUT2D eigenvalue weighted by molar-refractivity contribution is 5.78. The topological polar surface area (TPSA) is 258 Å². The second-order valence-electron chi connectivity index (χ2n) is 15.2. The molecule has 0 saturated carbocycles. The van der Waals surface area contributed by atoms with Crippen LogP contribution in [0.5, 0.6) is 0 Å². The van der Waals surface area contributed by atoms with Gasteiger partial charge in [-0.25, -0.2) is 0 Å². The number of aliphatic hydroxyl groups excluding tert-OH is 1. The van der Waals surface area contributed by atoms with Gasteiger partial charge in [-0.1, -0.05) is 11.2 Å². The molecule has 3 heterocycles. The fraction of sp³-hybridized carbons (Fsp3) is 0.923. The van der Waals surface area contributed by atoms with Crippen LogP contribution >= 0.6 is 0 Å². The Hall–Kier alpha value is -2.20. The minimum Gasteiger partial charge on any atom is -0.396 e. The molecule has 23 heteroatoms. The Balaban J connectivity index is 1.60. The smallest absolute Gasteiger partial charge is 0.227 e. The normalized spacial score (nSPS) is 40.1. The van der Waals surface area contributed by atoms with Gasteiger partial charge >= 0.3 is 0 Å². The van der Waals surface area contributed by atoms with Gasteiger partial charge in [0.2, 0.25) is 5.91 Å². The maximum Gasteiger partial charge on any atom is 0.227 e. The van der Waals surface area contributed by atoms with E-state index >= 15 is 0 Å². The molecule has 0 aromatic rings. The Labute approximate surface area is 363 Å². The second-order valence-corrected chi connectivity index (χ2v) is 15.2. The van der Waals surface area contributed by atoms with E-state index in [9.17, 15) is 9.90 Å². The lowest BCUT2D eigenvalue weighted by atomic mass is 9.80. The van der Waals surface area contributed by atoms with Crippen molar-refractivity contribution in [2.45, 2.75) is 117 Å². The molecule has 3 N–H and O–H groups in total. The summed E-state index contributed by atoms with van der Waals surface area (Å²) in [6, 6.07) is -0.836. The number of methoxy groups -OCH3 is 11. The Kier molecular flexibility index (Phi) is 22.0. The highest BCUT2D eigenvalue weighted by Gasteiger charge is 2.56. The third kappa shape index (κ3) is 12.0. The average molecular weight is 896 g/mol. The first-order valence-corrected chi connectivity index (χ1v) is 20.4. The molecule has 4 rings (SSSR count). The fourth-order valence-electron chi connectivity index (χ4n) is 9.04. The summed E-state index contributed by atoms with van der Waals surface area (Å²) in [6.07, 6.45) is -10.8. The van der Waals surface area contributed by atoms with Gasteiger partial charge in [0.1, 0.15) is 73.7 Å². The first-order valence-electron chi connectivity index (χ1n) is 20.4. The summed E-state index contributed by atoms with van der Waals surface area (Å²) in [5, 5.41) is 20.0.